The van der Waals surface area contributed by atoms with Crippen molar-refractivity contribution in [3.05, 3.63) is 46.4 Å². The van der Waals surface area contributed by atoms with Gasteiger partial charge < -0.3 is 20.9 Å². The summed E-state index contributed by atoms with van der Waals surface area (Å²) in [6.07, 6.45) is 0. The Morgan fingerprint density at radius 3 is 2.65 bits per heavy atom. The highest BCUT2D eigenvalue weighted by Crippen LogP contribution is 2.28. The molecular weight excluding hydrogens is 324 g/mol. The molecule has 0 aliphatic heterocycles. The number of hydrogen-bond donors (Lipinski definition) is 3. The van der Waals surface area contributed by atoms with E-state index in [4.69, 9.17) is 10.5 Å². The van der Waals surface area contributed by atoms with Crippen LogP contribution in [0.5, 0.6) is 11.5 Å². The second-order valence-corrected chi connectivity index (χ2v) is 4.93. The number of carbonyl (C=O) groups excluding carboxylic acids is 1. The van der Waals surface area contributed by atoms with Gasteiger partial charge in [-0.1, -0.05) is 0 Å². The van der Waals surface area contributed by atoms with E-state index >= 15 is 0 Å². The van der Waals surface area contributed by atoms with Gasteiger partial charge in [0.25, 0.3) is 5.91 Å². The maximum atomic E-state index is 12.1. The van der Waals surface area contributed by atoms with Crippen LogP contribution < -0.4 is 15.8 Å². The Labute approximate surface area is 124 Å². The number of methoxy groups -OCH3 is 1. The third-order valence-electron chi connectivity index (χ3n) is 2.72. The van der Waals surface area contributed by atoms with Crippen molar-refractivity contribution in [2.24, 2.45) is 0 Å². The van der Waals surface area contributed by atoms with Crippen molar-refractivity contribution in [2.75, 3.05) is 18.2 Å². The molecule has 0 aliphatic rings. The van der Waals surface area contributed by atoms with Gasteiger partial charge in [-0.05, 0) is 46.3 Å². The van der Waals surface area contributed by atoms with E-state index in [-0.39, 0.29) is 11.7 Å². The fraction of sp³-hybridized carbons (Fsp3) is 0.0714. The highest BCUT2D eigenvalue weighted by Gasteiger charge is 2.10. The smallest absolute Gasteiger partial charge is 0.255 e. The minimum atomic E-state index is -0.342. The highest BCUT2D eigenvalue weighted by molar-refractivity contribution is 9.10. The van der Waals surface area contributed by atoms with Crippen LogP contribution in [0.15, 0.2) is 40.9 Å². The number of anilines is 2. The van der Waals surface area contributed by atoms with E-state index < -0.39 is 0 Å². The molecule has 0 unspecified atom stereocenters. The number of nitrogen functional groups attached to an aromatic ring is 1. The molecule has 2 aromatic carbocycles. The number of nitrogens with two attached hydrogens (primary N) is 1. The van der Waals surface area contributed by atoms with E-state index in [9.17, 15) is 9.90 Å². The summed E-state index contributed by atoms with van der Waals surface area (Å²) < 4.78 is 5.62. The maximum absolute atomic E-state index is 12.1. The van der Waals surface area contributed by atoms with Crippen LogP contribution in [-0.2, 0) is 0 Å². The zero-order chi connectivity index (χ0) is 14.7. The molecule has 0 saturated carbocycles. The van der Waals surface area contributed by atoms with E-state index in [2.05, 4.69) is 21.2 Å². The molecule has 2 aromatic rings. The van der Waals surface area contributed by atoms with Crippen LogP contribution in [0.2, 0.25) is 0 Å². The number of benzene rings is 2. The maximum Gasteiger partial charge on any atom is 0.255 e. The quantitative estimate of drug-likeness (QED) is 0.594. The molecule has 0 saturated heterocycles. The summed E-state index contributed by atoms with van der Waals surface area (Å²) in [6.45, 7) is 0. The molecule has 20 heavy (non-hydrogen) atoms. The summed E-state index contributed by atoms with van der Waals surface area (Å²) >= 11 is 3.26. The zero-order valence-corrected chi connectivity index (χ0v) is 12.3. The number of rotatable bonds is 3. The summed E-state index contributed by atoms with van der Waals surface area (Å²) in [7, 11) is 1.50. The molecule has 0 fully saturated rings. The van der Waals surface area contributed by atoms with Crippen LogP contribution >= 0.6 is 15.9 Å². The van der Waals surface area contributed by atoms with Crippen LogP contribution in [0.1, 0.15) is 10.4 Å². The predicted molar refractivity (Wildman–Crippen MR) is 81.2 cm³/mol. The second kappa shape index (κ2) is 5.83. The van der Waals surface area contributed by atoms with Crippen molar-refractivity contribution in [1.29, 1.82) is 0 Å². The minimum absolute atomic E-state index is 0.0628. The largest absolute Gasteiger partial charge is 0.506 e. The minimum Gasteiger partial charge on any atom is -0.506 e. The summed E-state index contributed by atoms with van der Waals surface area (Å²) in [5, 5.41) is 12.4. The SMILES string of the molecule is COc1ccc(NC(=O)c2ccc(N)c(Br)c2)c(O)c1. The van der Waals surface area contributed by atoms with Crippen molar-refractivity contribution in [1.82, 2.24) is 0 Å². The first-order valence-corrected chi connectivity index (χ1v) is 6.54. The molecule has 2 rings (SSSR count). The first-order chi connectivity index (χ1) is 9.51. The third kappa shape index (κ3) is 3.03. The van der Waals surface area contributed by atoms with Crippen molar-refractivity contribution in [3.63, 3.8) is 0 Å². The lowest BCUT2D eigenvalue weighted by Crippen LogP contribution is -2.12. The Bertz CT molecular complexity index is 659. The molecule has 5 nitrogen and oxygen atoms in total. The Morgan fingerprint density at radius 2 is 2.05 bits per heavy atom. The Hall–Kier alpha value is -2.21. The van der Waals surface area contributed by atoms with E-state index in [0.717, 1.165) is 0 Å². The standard InChI is InChI=1S/C14H13BrN2O3/c1-20-9-3-5-12(13(18)7-9)17-14(19)8-2-4-11(16)10(15)6-8/h2-7,18H,16H2,1H3,(H,17,19). The number of phenolic OH excluding ortho intramolecular Hbond substituents is 1. The van der Waals surface area contributed by atoms with Crippen LogP contribution in [0, 0.1) is 0 Å². The van der Waals surface area contributed by atoms with Crippen molar-refractivity contribution >= 4 is 33.2 Å². The molecular formula is C14H13BrN2O3. The number of carbonyl (C=O) groups is 1. The monoisotopic (exact) mass is 336 g/mol. The lowest BCUT2D eigenvalue weighted by molar-refractivity contribution is 0.102. The molecule has 104 valence electrons. The van der Waals surface area contributed by atoms with Gasteiger partial charge in [-0.2, -0.15) is 0 Å². The number of ether oxygens (including phenoxy) is 1. The average Bonchev–Trinajstić information content (AvgIpc) is 2.43. The third-order valence-corrected chi connectivity index (χ3v) is 3.40. The predicted octanol–water partition coefficient (Wildman–Crippen LogP) is 3.00. The van der Waals surface area contributed by atoms with Gasteiger partial charge in [0.15, 0.2) is 0 Å². The first kappa shape index (κ1) is 14.2. The van der Waals surface area contributed by atoms with Gasteiger partial charge in [0.05, 0.1) is 12.8 Å². The lowest BCUT2D eigenvalue weighted by Gasteiger charge is -2.09. The van der Waals surface area contributed by atoms with Gasteiger partial charge in [-0.3, -0.25) is 4.79 Å². The molecule has 0 bridgehead atoms. The fourth-order valence-corrected chi connectivity index (χ4v) is 1.99. The first-order valence-electron chi connectivity index (χ1n) is 5.74. The normalized spacial score (nSPS) is 10.1. The molecule has 0 heterocycles. The number of amides is 1. The van der Waals surface area contributed by atoms with Crippen molar-refractivity contribution in [3.8, 4) is 11.5 Å². The molecule has 0 atom stereocenters. The molecule has 6 heteroatoms. The van der Waals surface area contributed by atoms with Gasteiger partial charge in [-0.15, -0.1) is 0 Å². The van der Waals surface area contributed by atoms with E-state index in [0.29, 0.717) is 27.2 Å². The number of aromatic hydroxyl groups is 1. The Morgan fingerprint density at radius 1 is 1.30 bits per heavy atom. The van der Waals surface area contributed by atoms with E-state index in [1.54, 1.807) is 30.3 Å². The molecule has 0 aliphatic carbocycles. The molecule has 4 N–H and O–H groups in total. The summed E-state index contributed by atoms with van der Waals surface area (Å²) in [6, 6.07) is 9.50. The zero-order valence-electron chi connectivity index (χ0n) is 10.7. The molecule has 0 aromatic heterocycles. The van der Waals surface area contributed by atoms with Crippen molar-refractivity contribution < 1.29 is 14.6 Å². The number of hydrogen-bond acceptors (Lipinski definition) is 4. The summed E-state index contributed by atoms with van der Waals surface area (Å²) in [5.74, 6) is 0.106. The number of nitrogens with one attached hydrogen (secondary N) is 1. The van der Waals surface area contributed by atoms with Crippen LogP contribution in [-0.4, -0.2) is 18.1 Å². The van der Waals surface area contributed by atoms with E-state index in [1.165, 1.54) is 13.2 Å². The van der Waals surface area contributed by atoms with E-state index in [1.807, 2.05) is 0 Å². The molecule has 0 radical (unpaired) electrons. The van der Waals surface area contributed by atoms with Crippen LogP contribution in [0.4, 0.5) is 11.4 Å². The molecule has 0 spiro atoms. The van der Waals surface area contributed by atoms with Crippen LogP contribution in [0.25, 0.3) is 0 Å². The Balaban J connectivity index is 2.21. The lowest BCUT2D eigenvalue weighted by atomic mass is 10.2. The number of phenols is 1. The highest BCUT2D eigenvalue weighted by atomic mass is 79.9. The van der Waals surface area contributed by atoms with Gasteiger partial charge in [0.1, 0.15) is 11.5 Å². The van der Waals surface area contributed by atoms with Crippen molar-refractivity contribution in [2.45, 2.75) is 0 Å². The average molecular weight is 337 g/mol. The van der Waals surface area contributed by atoms with Gasteiger partial charge in [0, 0.05) is 21.8 Å². The topological polar surface area (TPSA) is 84.6 Å². The Kier molecular flexibility index (Phi) is 4.14. The van der Waals surface area contributed by atoms with Gasteiger partial charge in [-0.25, -0.2) is 0 Å². The summed E-state index contributed by atoms with van der Waals surface area (Å²) in [5.41, 5.74) is 6.96. The second-order valence-electron chi connectivity index (χ2n) is 4.07. The number of halogens is 1. The van der Waals surface area contributed by atoms with Gasteiger partial charge >= 0.3 is 0 Å². The molecule has 1 amide bonds. The van der Waals surface area contributed by atoms with Crippen LogP contribution in [0.3, 0.4) is 0 Å². The van der Waals surface area contributed by atoms with Gasteiger partial charge in [0.2, 0.25) is 0 Å². The summed E-state index contributed by atoms with van der Waals surface area (Å²) in [4.78, 5) is 12.1. The fourth-order valence-electron chi connectivity index (χ4n) is 1.61.